The fourth-order valence-corrected chi connectivity index (χ4v) is 1.91. The molecule has 116 valence electrons. The predicted molar refractivity (Wildman–Crippen MR) is 75.8 cm³/mol. The van der Waals surface area contributed by atoms with Crippen LogP contribution in [0.1, 0.15) is 5.56 Å². The smallest absolute Gasteiger partial charge is 0.323 e. The highest BCUT2D eigenvalue weighted by Gasteiger charge is 2.31. The van der Waals surface area contributed by atoms with Crippen molar-refractivity contribution in [2.24, 2.45) is 0 Å². The van der Waals surface area contributed by atoms with Crippen LogP contribution in [0.25, 0.3) is 0 Å². The Balaban J connectivity index is 2.18. The SMILES string of the molecule is O=C(Cn1cc(C(F)(F)F)ccc1=O)Nc1ccccc1Cl. The normalized spacial score (nSPS) is 11.3. The van der Waals surface area contributed by atoms with Crippen LogP contribution in [0.3, 0.4) is 0 Å². The molecule has 2 rings (SSSR count). The summed E-state index contributed by atoms with van der Waals surface area (Å²) in [5.41, 5.74) is -1.39. The number of benzene rings is 1. The molecular weight excluding hydrogens is 321 g/mol. The van der Waals surface area contributed by atoms with Crippen molar-refractivity contribution in [2.45, 2.75) is 12.7 Å². The Bertz CT molecular complexity index is 756. The summed E-state index contributed by atoms with van der Waals surface area (Å²) in [6, 6.07) is 7.83. The number of nitrogens with zero attached hydrogens (tertiary/aromatic N) is 1. The van der Waals surface area contributed by atoms with Gasteiger partial charge in [-0.3, -0.25) is 9.59 Å². The minimum absolute atomic E-state index is 0.284. The zero-order valence-electron chi connectivity index (χ0n) is 11.0. The van der Waals surface area contributed by atoms with Crippen LogP contribution in [-0.4, -0.2) is 10.5 Å². The topological polar surface area (TPSA) is 51.1 Å². The van der Waals surface area contributed by atoms with E-state index in [0.29, 0.717) is 22.5 Å². The maximum Gasteiger partial charge on any atom is 0.417 e. The van der Waals surface area contributed by atoms with Crippen molar-refractivity contribution in [2.75, 3.05) is 5.32 Å². The monoisotopic (exact) mass is 330 g/mol. The Kier molecular flexibility index (Phi) is 4.56. The number of nitrogens with one attached hydrogen (secondary N) is 1. The lowest BCUT2D eigenvalue weighted by Crippen LogP contribution is -2.28. The van der Waals surface area contributed by atoms with E-state index in [1.807, 2.05) is 0 Å². The van der Waals surface area contributed by atoms with Gasteiger partial charge in [-0.05, 0) is 18.2 Å². The molecule has 0 atom stereocenters. The van der Waals surface area contributed by atoms with Crippen LogP contribution in [0, 0.1) is 0 Å². The van der Waals surface area contributed by atoms with Crippen molar-refractivity contribution in [3.05, 3.63) is 63.5 Å². The molecule has 0 fully saturated rings. The zero-order chi connectivity index (χ0) is 16.3. The van der Waals surface area contributed by atoms with Gasteiger partial charge in [0.05, 0.1) is 16.3 Å². The number of hydrogen-bond donors (Lipinski definition) is 1. The number of amides is 1. The van der Waals surface area contributed by atoms with Gasteiger partial charge in [-0.15, -0.1) is 0 Å². The molecule has 0 saturated heterocycles. The largest absolute Gasteiger partial charge is 0.417 e. The van der Waals surface area contributed by atoms with E-state index in [1.54, 1.807) is 18.2 Å². The number of aromatic nitrogens is 1. The molecule has 8 heteroatoms. The van der Waals surface area contributed by atoms with E-state index in [2.05, 4.69) is 5.32 Å². The minimum atomic E-state index is -4.59. The van der Waals surface area contributed by atoms with Gasteiger partial charge in [-0.1, -0.05) is 23.7 Å². The number of para-hydroxylation sites is 1. The van der Waals surface area contributed by atoms with E-state index >= 15 is 0 Å². The molecule has 1 aromatic carbocycles. The molecule has 4 nitrogen and oxygen atoms in total. The van der Waals surface area contributed by atoms with Crippen molar-refractivity contribution in [1.82, 2.24) is 4.57 Å². The molecule has 0 aliphatic heterocycles. The first kappa shape index (κ1) is 16.1. The first-order valence-electron chi connectivity index (χ1n) is 6.09. The Hall–Kier alpha value is -2.28. The third-order valence-electron chi connectivity index (χ3n) is 2.77. The van der Waals surface area contributed by atoms with Gasteiger partial charge in [0.25, 0.3) is 5.56 Å². The first-order valence-corrected chi connectivity index (χ1v) is 6.47. The molecule has 0 radical (unpaired) electrons. The van der Waals surface area contributed by atoms with Crippen molar-refractivity contribution in [1.29, 1.82) is 0 Å². The summed E-state index contributed by atoms with van der Waals surface area (Å²) in [5, 5.41) is 2.72. The van der Waals surface area contributed by atoms with Gasteiger partial charge >= 0.3 is 6.18 Å². The van der Waals surface area contributed by atoms with E-state index in [9.17, 15) is 22.8 Å². The van der Waals surface area contributed by atoms with Crippen molar-refractivity contribution < 1.29 is 18.0 Å². The zero-order valence-corrected chi connectivity index (χ0v) is 11.8. The Labute approximate surface area is 128 Å². The van der Waals surface area contributed by atoms with Crippen LogP contribution in [0.15, 0.2) is 47.4 Å². The van der Waals surface area contributed by atoms with Gasteiger partial charge in [0.15, 0.2) is 0 Å². The maximum absolute atomic E-state index is 12.6. The minimum Gasteiger partial charge on any atom is -0.323 e. The fraction of sp³-hybridized carbons (Fsp3) is 0.143. The van der Waals surface area contributed by atoms with Crippen molar-refractivity contribution >= 4 is 23.2 Å². The molecule has 0 aliphatic rings. The molecule has 0 spiro atoms. The van der Waals surface area contributed by atoms with Crippen molar-refractivity contribution in [3.8, 4) is 0 Å². The molecule has 2 aromatic rings. The number of rotatable bonds is 3. The average Bonchev–Trinajstić information content (AvgIpc) is 2.42. The second-order valence-corrected chi connectivity index (χ2v) is 4.82. The summed E-state index contributed by atoms with van der Waals surface area (Å²) in [4.78, 5) is 23.4. The first-order chi connectivity index (χ1) is 10.3. The molecule has 1 heterocycles. The number of pyridine rings is 1. The molecule has 0 aliphatic carbocycles. The van der Waals surface area contributed by atoms with Crippen LogP contribution in [0.5, 0.6) is 0 Å². The number of carbonyl (C=O) groups is 1. The summed E-state index contributed by atoms with van der Waals surface area (Å²) >= 11 is 5.86. The number of anilines is 1. The highest BCUT2D eigenvalue weighted by Crippen LogP contribution is 2.28. The number of alkyl halides is 3. The van der Waals surface area contributed by atoms with Gasteiger partial charge in [-0.25, -0.2) is 0 Å². The van der Waals surface area contributed by atoms with E-state index < -0.39 is 29.8 Å². The molecule has 0 bridgehead atoms. The van der Waals surface area contributed by atoms with Gasteiger partial charge in [-0.2, -0.15) is 13.2 Å². The van der Waals surface area contributed by atoms with Gasteiger partial charge in [0, 0.05) is 12.3 Å². The Morgan fingerprint density at radius 1 is 1.18 bits per heavy atom. The van der Waals surface area contributed by atoms with Crippen LogP contribution in [0.2, 0.25) is 5.02 Å². The summed E-state index contributed by atoms with van der Waals surface area (Å²) < 4.78 is 38.5. The predicted octanol–water partition coefficient (Wildman–Crippen LogP) is 3.16. The number of carbonyl (C=O) groups excluding carboxylic acids is 1. The lowest BCUT2D eigenvalue weighted by Gasteiger charge is -2.11. The fourth-order valence-electron chi connectivity index (χ4n) is 1.73. The molecule has 1 N–H and O–H groups in total. The van der Waals surface area contributed by atoms with Crippen LogP contribution in [0.4, 0.5) is 18.9 Å². The van der Waals surface area contributed by atoms with E-state index in [-0.39, 0.29) is 5.02 Å². The molecular formula is C14H10ClF3N2O2. The summed E-state index contributed by atoms with van der Waals surface area (Å²) in [6.07, 6.45) is -3.98. The second kappa shape index (κ2) is 6.23. The van der Waals surface area contributed by atoms with E-state index in [1.165, 1.54) is 6.07 Å². The van der Waals surface area contributed by atoms with Crippen LogP contribution >= 0.6 is 11.6 Å². The lowest BCUT2D eigenvalue weighted by atomic mass is 10.2. The third kappa shape index (κ3) is 3.88. The number of halogens is 4. The second-order valence-electron chi connectivity index (χ2n) is 4.41. The summed E-state index contributed by atoms with van der Waals surface area (Å²) in [7, 11) is 0. The van der Waals surface area contributed by atoms with Crippen LogP contribution < -0.4 is 10.9 Å². The highest BCUT2D eigenvalue weighted by atomic mass is 35.5. The average molecular weight is 331 g/mol. The molecule has 0 saturated carbocycles. The van der Waals surface area contributed by atoms with Gasteiger partial charge < -0.3 is 9.88 Å². The molecule has 1 amide bonds. The summed E-state index contributed by atoms with van der Waals surface area (Å²) in [6.45, 7) is -0.548. The number of hydrogen-bond acceptors (Lipinski definition) is 2. The lowest BCUT2D eigenvalue weighted by molar-refractivity contribution is -0.138. The standard InChI is InChI=1S/C14H10ClF3N2O2/c15-10-3-1-2-4-11(10)19-12(21)8-20-7-9(14(16,17)18)5-6-13(20)22/h1-7H,8H2,(H,19,21). The molecule has 1 aromatic heterocycles. The maximum atomic E-state index is 12.6. The Morgan fingerprint density at radius 2 is 1.86 bits per heavy atom. The van der Waals surface area contributed by atoms with E-state index in [0.717, 1.165) is 6.07 Å². The third-order valence-corrected chi connectivity index (χ3v) is 3.10. The highest BCUT2D eigenvalue weighted by molar-refractivity contribution is 6.33. The van der Waals surface area contributed by atoms with Crippen LogP contribution in [-0.2, 0) is 17.5 Å². The molecule has 22 heavy (non-hydrogen) atoms. The quantitative estimate of drug-likeness (QED) is 0.940. The van der Waals surface area contributed by atoms with Crippen molar-refractivity contribution in [3.63, 3.8) is 0 Å². The van der Waals surface area contributed by atoms with E-state index in [4.69, 9.17) is 11.6 Å². The summed E-state index contributed by atoms with van der Waals surface area (Å²) in [5.74, 6) is -0.658. The van der Waals surface area contributed by atoms with Gasteiger partial charge in [0.2, 0.25) is 5.91 Å². The Morgan fingerprint density at radius 3 is 2.50 bits per heavy atom. The van der Waals surface area contributed by atoms with Gasteiger partial charge in [0.1, 0.15) is 6.54 Å². The molecule has 0 unspecified atom stereocenters.